The van der Waals surface area contributed by atoms with E-state index in [2.05, 4.69) is 6.92 Å². The molecule has 0 amide bonds. The molecule has 0 radical (unpaired) electrons. The first-order chi connectivity index (χ1) is 11.3. The minimum absolute atomic E-state index is 0.0207. The molecule has 0 heterocycles. The van der Waals surface area contributed by atoms with Gasteiger partial charge < -0.3 is 28.8 Å². The van der Waals surface area contributed by atoms with Gasteiger partial charge in [-0.3, -0.25) is 4.79 Å². The van der Waals surface area contributed by atoms with E-state index in [1.165, 1.54) is 12.8 Å². The lowest BCUT2D eigenvalue weighted by Gasteiger charge is -2.07. The van der Waals surface area contributed by atoms with Gasteiger partial charge in [0.1, 0.15) is 0 Å². The molecule has 1 N–H and O–H groups in total. The Hall–Kier alpha value is -0.730. The van der Waals surface area contributed by atoms with E-state index in [0.717, 1.165) is 13.0 Å². The molecule has 23 heavy (non-hydrogen) atoms. The molecule has 0 spiro atoms. The molecule has 0 fully saturated rings. The van der Waals surface area contributed by atoms with Gasteiger partial charge in [-0.05, 0) is 6.42 Å². The molecule has 138 valence electrons. The number of carboxylic acid groups (broad SMARTS) is 1. The molecule has 7 nitrogen and oxygen atoms in total. The summed E-state index contributed by atoms with van der Waals surface area (Å²) in [6, 6.07) is 0. The fourth-order valence-corrected chi connectivity index (χ4v) is 1.60. The van der Waals surface area contributed by atoms with Crippen LogP contribution in [-0.4, -0.2) is 77.1 Å². The first kappa shape index (κ1) is 22.3. The second-order valence-corrected chi connectivity index (χ2v) is 4.91. The first-order valence-corrected chi connectivity index (χ1v) is 8.38. The fraction of sp³-hybridized carbons (Fsp3) is 0.938. The number of unbranched alkanes of at least 4 members (excludes halogenated alkanes) is 2. The average molecular weight is 336 g/mol. The van der Waals surface area contributed by atoms with Crippen LogP contribution in [-0.2, 0) is 28.5 Å². The van der Waals surface area contributed by atoms with Crippen molar-refractivity contribution < 1.29 is 33.6 Å². The fourth-order valence-electron chi connectivity index (χ4n) is 1.60. The van der Waals surface area contributed by atoms with Crippen LogP contribution in [0.3, 0.4) is 0 Å². The van der Waals surface area contributed by atoms with Gasteiger partial charge >= 0.3 is 5.97 Å². The highest BCUT2D eigenvalue weighted by atomic mass is 16.6. The van der Waals surface area contributed by atoms with Crippen molar-refractivity contribution in [3.05, 3.63) is 0 Å². The van der Waals surface area contributed by atoms with Crippen LogP contribution in [0, 0.1) is 0 Å². The summed E-state index contributed by atoms with van der Waals surface area (Å²) >= 11 is 0. The quantitative estimate of drug-likeness (QED) is 0.360. The molecule has 7 heteroatoms. The van der Waals surface area contributed by atoms with Crippen molar-refractivity contribution in [3.8, 4) is 0 Å². The van der Waals surface area contributed by atoms with Crippen LogP contribution >= 0.6 is 0 Å². The SMILES string of the molecule is CCCCCOCCOCCOCCOCCOCCC(=O)O. The lowest BCUT2D eigenvalue weighted by Crippen LogP contribution is -2.13. The van der Waals surface area contributed by atoms with Gasteiger partial charge in [0.2, 0.25) is 0 Å². The Labute approximate surface area is 139 Å². The Kier molecular flexibility index (Phi) is 18.7. The summed E-state index contributed by atoms with van der Waals surface area (Å²) < 4.78 is 26.5. The number of aliphatic carboxylic acids is 1. The summed E-state index contributed by atoms with van der Waals surface area (Å²) in [6.07, 6.45) is 3.56. The number of hydrogen-bond donors (Lipinski definition) is 1. The molecule has 0 saturated carbocycles. The Bertz CT molecular complexity index is 249. The molecule has 0 atom stereocenters. The molecule has 0 aliphatic rings. The molecule has 0 rings (SSSR count). The zero-order chi connectivity index (χ0) is 17.0. The monoisotopic (exact) mass is 336 g/mol. The standard InChI is InChI=1S/C16H32O7/c1-2-3-4-6-19-8-10-21-12-14-23-15-13-22-11-9-20-7-5-16(17)18/h2-15H2,1H3,(H,17,18). The summed E-state index contributed by atoms with van der Waals surface area (Å²) in [7, 11) is 0. The summed E-state index contributed by atoms with van der Waals surface area (Å²) in [5, 5.41) is 8.40. The van der Waals surface area contributed by atoms with Crippen LogP contribution < -0.4 is 0 Å². The van der Waals surface area contributed by atoms with Crippen molar-refractivity contribution in [2.45, 2.75) is 32.6 Å². The smallest absolute Gasteiger partial charge is 0.305 e. The van der Waals surface area contributed by atoms with E-state index in [9.17, 15) is 4.79 Å². The molecule has 0 aliphatic heterocycles. The van der Waals surface area contributed by atoms with E-state index >= 15 is 0 Å². The van der Waals surface area contributed by atoms with Crippen molar-refractivity contribution in [1.29, 1.82) is 0 Å². The third-order valence-corrected chi connectivity index (χ3v) is 2.84. The lowest BCUT2D eigenvalue weighted by molar-refractivity contribution is -0.138. The number of rotatable bonds is 19. The highest BCUT2D eigenvalue weighted by Gasteiger charge is 1.96. The number of carbonyl (C=O) groups is 1. The van der Waals surface area contributed by atoms with Crippen LogP contribution in [0.15, 0.2) is 0 Å². The van der Waals surface area contributed by atoms with Gasteiger partial charge in [0.15, 0.2) is 0 Å². The molecular formula is C16H32O7. The highest BCUT2D eigenvalue weighted by molar-refractivity contribution is 5.66. The van der Waals surface area contributed by atoms with Crippen LogP contribution in [0.25, 0.3) is 0 Å². The minimum atomic E-state index is -0.857. The van der Waals surface area contributed by atoms with Gasteiger partial charge in [-0.1, -0.05) is 19.8 Å². The van der Waals surface area contributed by atoms with Crippen LogP contribution in [0.2, 0.25) is 0 Å². The zero-order valence-corrected chi connectivity index (χ0v) is 14.3. The normalized spacial score (nSPS) is 11.0. The second kappa shape index (κ2) is 19.3. The summed E-state index contributed by atoms with van der Waals surface area (Å²) in [5.74, 6) is -0.857. The first-order valence-electron chi connectivity index (χ1n) is 8.38. The maximum Gasteiger partial charge on any atom is 0.305 e. The molecule has 0 aromatic carbocycles. The van der Waals surface area contributed by atoms with Gasteiger partial charge in [-0.2, -0.15) is 0 Å². The van der Waals surface area contributed by atoms with Crippen LogP contribution in [0.5, 0.6) is 0 Å². The van der Waals surface area contributed by atoms with E-state index in [1.54, 1.807) is 0 Å². The van der Waals surface area contributed by atoms with Crippen LogP contribution in [0.4, 0.5) is 0 Å². The van der Waals surface area contributed by atoms with E-state index < -0.39 is 5.97 Å². The molecule has 0 aliphatic carbocycles. The molecule has 0 saturated heterocycles. The maximum absolute atomic E-state index is 10.2. The molecule has 0 unspecified atom stereocenters. The summed E-state index contributed by atoms with van der Waals surface area (Å²) in [5.41, 5.74) is 0. The molecule has 0 bridgehead atoms. The Morgan fingerprint density at radius 3 is 1.43 bits per heavy atom. The van der Waals surface area contributed by atoms with Crippen molar-refractivity contribution in [3.63, 3.8) is 0 Å². The van der Waals surface area contributed by atoms with Gasteiger partial charge in [-0.25, -0.2) is 0 Å². The predicted octanol–water partition coefficient (Wildman–Crippen LogP) is 1.73. The van der Waals surface area contributed by atoms with E-state index in [-0.39, 0.29) is 13.0 Å². The molecule has 0 aromatic rings. The highest BCUT2D eigenvalue weighted by Crippen LogP contribution is 1.93. The zero-order valence-electron chi connectivity index (χ0n) is 14.3. The molecule has 0 aromatic heterocycles. The Morgan fingerprint density at radius 2 is 1.04 bits per heavy atom. The van der Waals surface area contributed by atoms with Crippen molar-refractivity contribution in [1.82, 2.24) is 0 Å². The Balaban J connectivity index is 2.96. The van der Waals surface area contributed by atoms with Crippen molar-refractivity contribution in [2.24, 2.45) is 0 Å². The topological polar surface area (TPSA) is 83.5 Å². The largest absolute Gasteiger partial charge is 0.481 e. The lowest BCUT2D eigenvalue weighted by atomic mass is 10.3. The number of ether oxygens (including phenoxy) is 5. The van der Waals surface area contributed by atoms with Crippen LogP contribution in [0.1, 0.15) is 32.6 Å². The average Bonchev–Trinajstić information content (AvgIpc) is 2.53. The number of hydrogen-bond acceptors (Lipinski definition) is 6. The van der Waals surface area contributed by atoms with E-state index in [1.807, 2.05) is 0 Å². The molecular weight excluding hydrogens is 304 g/mol. The van der Waals surface area contributed by atoms with Crippen molar-refractivity contribution >= 4 is 5.97 Å². The van der Waals surface area contributed by atoms with Crippen molar-refractivity contribution in [2.75, 3.05) is 66.1 Å². The van der Waals surface area contributed by atoms with Gasteiger partial charge in [0.25, 0.3) is 0 Å². The minimum Gasteiger partial charge on any atom is -0.481 e. The van der Waals surface area contributed by atoms with Gasteiger partial charge in [0.05, 0.1) is 65.9 Å². The van der Waals surface area contributed by atoms with E-state index in [4.69, 9.17) is 28.8 Å². The predicted molar refractivity (Wildman–Crippen MR) is 85.9 cm³/mol. The van der Waals surface area contributed by atoms with Gasteiger partial charge in [0, 0.05) is 6.61 Å². The van der Waals surface area contributed by atoms with E-state index in [0.29, 0.717) is 52.9 Å². The Morgan fingerprint density at radius 1 is 0.652 bits per heavy atom. The summed E-state index contributed by atoms with van der Waals surface area (Å²) in [6.45, 7) is 7.35. The third-order valence-electron chi connectivity index (χ3n) is 2.84. The van der Waals surface area contributed by atoms with Gasteiger partial charge in [-0.15, -0.1) is 0 Å². The summed E-state index contributed by atoms with van der Waals surface area (Å²) in [4.78, 5) is 10.2. The maximum atomic E-state index is 10.2. The second-order valence-electron chi connectivity index (χ2n) is 4.91. The third kappa shape index (κ3) is 21.3. The number of carboxylic acids is 1.